The van der Waals surface area contributed by atoms with E-state index in [4.69, 9.17) is 0 Å². The van der Waals surface area contributed by atoms with Crippen LogP contribution in [-0.4, -0.2) is 56.0 Å². The van der Waals surface area contributed by atoms with Crippen LogP contribution in [0.15, 0.2) is 48.5 Å². The maximum Gasteiger partial charge on any atom is 0.255 e. The number of rotatable bonds is 5. The minimum atomic E-state index is -3.13. The van der Waals surface area contributed by atoms with E-state index < -0.39 is 15.8 Å². The molecule has 2 aromatic rings. The molecule has 3 rings (SSSR count). The molecule has 0 unspecified atom stereocenters. The number of nitrogens with zero attached hydrogens (tertiary/aromatic N) is 2. The number of halogens is 1. The molecule has 27 heavy (non-hydrogen) atoms. The Morgan fingerprint density at radius 1 is 1.07 bits per heavy atom. The molecule has 1 aliphatic rings. The van der Waals surface area contributed by atoms with E-state index in [0.29, 0.717) is 44.0 Å². The largest absolute Gasteiger partial charge is 0.322 e. The van der Waals surface area contributed by atoms with Gasteiger partial charge < -0.3 is 5.32 Å². The first-order valence-corrected chi connectivity index (χ1v) is 10.5. The van der Waals surface area contributed by atoms with Crippen LogP contribution in [0, 0.1) is 5.82 Å². The highest BCUT2D eigenvalue weighted by molar-refractivity contribution is 7.88. The fourth-order valence-corrected chi connectivity index (χ4v) is 3.84. The molecule has 2 aromatic carbocycles. The number of benzene rings is 2. The third-order valence-corrected chi connectivity index (χ3v) is 5.81. The van der Waals surface area contributed by atoms with Crippen LogP contribution in [0.25, 0.3) is 0 Å². The van der Waals surface area contributed by atoms with Gasteiger partial charge in [0, 0.05) is 44.0 Å². The third kappa shape index (κ3) is 5.35. The van der Waals surface area contributed by atoms with Crippen molar-refractivity contribution in [1.29, 1.82) is 0 Å². The minimum absolute atomic E-state index is 0.297. The van der Waals surface area contributed by atoms with E-state index in [2.05, 4.69) is 10.2 Å². The van der Waals surface area contributed by atoms with Gasteiger partial charge >= 0.3 is 0 Å². The molecule has 0 aromatic heterocycles. The van der Waals surface area contributed by atoms with Gasteiger partial charge in [0.1, 0.15) is 5.82 Å². The van der Waals surface area contributed by atoms with E-state index >= 15 is 0 Å². The van der Waals surface area contributed by atoms with Crippen molar-refractivity contribution in [2.24, 2.45) is 0 Å². The van der Waals surface area contributed by atoms with Crippen molar-refractivity contribution in [3.63, 3.8) is 0 Å². The van der Waals surface area contributed by atoms with Crippen LogP contribution < -0.4 is 5.32 Å². The molecule has 0 saturated carbocycles. The van der Waals surface area contributed by atoms with Crippen molar-refractivity contribution >= 4 is 21.6 Å². The zero-order valence-electron chi connectivity index (χ0n) is 15.1. The molecule has 1 saturated heterocycles. The lowest BCUT2D eigenvalue weighted by Gasteiger charge is -2.33. The Morgan fingerprint density at radius 3 is 2.33 bits per heavy atom. The summed E-state index contributed by atoms with van der Waals surface area (Å²) >= 11 is 0. The molecular formula is C19H22FN3O3S. The Labute approximate surface area is 158 Å². The second-order valence-corrected chi connectivity index (χ2v) is 8.58. The summed E-state index contributed by atoms with van der Waals surface area (Å²) in [5, 5.41) is 2.67. The third-order valence-electron chi connectivity index (χ3n) is 4.51. The number of sulfonamides is 1. The van der Waals surface area contributed by atoms with Crippen molar-refractivity contribution in [3.05, 3.63) is 65.5 Å². The van der Waals surface area contributed by atoms with Gasteiger partial charge in [0.15, 0.2) is 0 Å². The molecular weight excluding hydrogens is 369 g/mol. The van der Waals surface area contributed by atoms with Crippen LogP contribution in [0.2, 0.25) is 0 Å². The fraction of sp³-hybridized carbons (Fsp3) is 0.316. The predicted octanol–water partition coefficient (Wildman–Crippen LogP) is 2.16. The van der Waals surface area contributed by atoms with Crippen LogP contribution in [-0.2, 0) is 16.6 Å². The number of piperazine rings is 1. The molecule has 1 amide bonds. The van der Waals surface area contributed by atoms with Gasteiger partial charge in [-0.1, -0.05) is 18.2 Å². The SMILES string of the molecule is CS(=O)(=O)N1CCN(Cc2ccc(C(=O)Nc3cccc(F)c3)cc2)CC1. The summed E-state index contributed by atoms with van der Waals surface area (Å²) in [5.41, 5.74) is 1.95. The van der Waals surface area contributed by atoms with Gasteiger partial charge in [-0.2, -0.15) is 4.31 Å². The van der Waals surface area contributed by atoms with Crippen LogP contribution in [0.3, 0.4) is 0 Å². The highest BCUT2D eigenvalue weighted by Gasteiger charge is 2.23. The number of anilines is 1. The average molecular weight is 391 g/mol. The van der Waals surface area contributed by atoms with Crippen molar-refractivity contribution in [1.82, 2.24) is 9.21 Å². The van der Waals surface area contributed by atoms with Crippen LogP contribution in [0.4, 0.5) is 10.1 Å². The zero-order valence-corrected chi connectivity index (χ0v) is 15.9. The van der Waals surface area contributed by atoms with Crippen LogP contribution in [0.1, 0.15) is 15.9 Å². The van der Waals surface area contributed by atoms with E-state index in [1.807, 2.05) is 12.1 Å². The normalized spacial score (nSPS) is 16.2. The lowest BCUT2D eigenvalue weighted by molar-refractivity contribution is 0.102. The number of nitrogens with one attached hydrogen (secondary N) is 1. The Bertz CT molecular complexity index is 908. The summed E-state index contributed by atoms with van der Waals surface area (Å²) in [6, 6.07) is 13.0. The molecule has 0 aliphatic carbocycles. The van der Waals surface area contributed by atoms with Crippen LogP contribution in [0.5, 0.6) is 0 Å². The van der Waals surface area contributed by atoms with E-state index in [9.17, 15) is 17.6 Å². The van der Waals surface area contributed by atoms with E-state index in [0.717, 1.165) is 5.56 Å². The first kappa shape index (κ1) is 19.5. The molecule has 0 bridgehead atoms. The highest BCUT2D eigenvalue weighted by atomic mass is 32.2. The molecule has 144 valence electrons. The van der Waals surface area contributed by atoms with Gasteiger partial charge in [-0.25, -0.2) is 12.8 Å². The summed E-state index contributed by atoms with van der Waals surface area (Å²) in [4.78, 5) is 14.4. The van der Waals surface area contributed by atoms with Crippen LogP contribution >= 0.6 is 0 Å². The highest BCUT2D eigenvalue weighted by Crippen LogP contribution is 2.14. The standard InChI is InChI=1S/C19H22FN3O3S/c1-27(25,26)23-11-9-22(10-12-23)14-15-5-7-16(8-6-15)19(24)21-18-4-2-3-17(20)13-18/h2-8,13H,9-12,14H2,1H3,(H,21,24). The molecule has 1 heterocycles. The molecule has 1 fully saturated rings. The van der Waals surface area contributed by atoms with Crippen molar-refractivity contribution in [2.75, 3.05) is 37.8 Å². The van der Waals surface area contributed by atoms with Gasteiger partial charge in [0.05, 0.1) is 6.26 Å². The molecule has 1 aliphatic heterocycles. The van der Waals surface area contributed by atoms with Crippen molar-refractivity contribution in [3.8, 4) is 0 Å². The molecule has 6 nitrogen and oxygen atoms in total. The Kier molecular flexibility index (Phi) is 5.88. The van der Waals surface area contributed by atoms with Gasteiger partial charge in [-0.05, 0) is 35.9 Å². The smallest absolute Gasteiger partial charge is 0.255 e. The maximum absolute atomic E-state index is 13.2. The number of carbonyl (C=O) groups excluding carboxylic acids is 1. The number of amides is 1. The topological polar surface area (TPSA) is 69.7 Å². The van der Waals surface area contributed by atoms with Crippen molar-refractivity contribution < 1.29 is 17.6 Å². The molecule has 0 radical (unpaired) electrons. The molecule has 0 spiro atoms. The first-order chi connectivity index (χ1) is 12.8. The molecule has 8 heteroatoms. The average Bonchev–Trinajstić information content (AvgIpc) is 2.62. The quantitative estimate of drug-likeness (QED) is 0.848. The predicted molar refractivity (Wildman–Crippen MR) is 102 cm³/mol. The Balaban J connectivity index is 1.55. The summed E-state index contributed by atoms with van der Waals surface area (Å²) in [6.45, 7) is 3.03. The summed E-state index contributed by atoms with van der Waals surface area (Å²) in [6.07, 6.45) is 1.23. The summed E-state index contributed by atoms with van der Waals surface area (Å²) in [7, 11) is -3.13. The van der Waals surface area contributed by atoms with E-state index in [1.54, 1.807) is 18.2 Å². The van der Waals surface area contributed by atoms with Crippen molar-refractivity contribution in [2.45, 2.75) is 6.54 Å². The summed E-state index contributed by atoms with van der Waals surface area (Å²) < 4.78 is 37.8. The van der Waals surface area contributed by atoms with Gasteiger partial charge in [-0.3, -0.25) is 9.69 Å². The second kappa shape index (κ2) is 8.16. The van der Waals surface area contributed by atoms with Gasteiger partial charge in [-0.15, -0.1) is 0 Å². The van der Waals surface area contributed by atoms with Gasteiger partial charge in [0.25, 0.3) is 5.91 Å². The number of hydrogen-bond acceptors (Lipinski definition) is 4. The second-order valence-electron chi connectivity index (χ2n) is 6.60. The Hall–Kier alpha value is -2.29. The number of hydrogen-bond donors (Lipinski definition) is 1. The zero-order chi connectivity index (χ0) is 19.4. The van der Waals surface area contributed by atoms with E-state index in [1.165, 1.54) is 28.8 Å². The minimum Gasteiger partial charge on any atom is -0.322 e. The number of carbonyl (C=O) groups is 1. The van der Waals surface area contributed by atoms with Gasteiger partial charge in [0.2, 0.25) is 10.0 Å². The van der Waals surface area contributed by atoms with E-state index in [-0.39, 0.29) is 5.91 Å². The monoisotopic (exact) mass is 391 g/mol. The lowest BCUT2D eigenvalue weighted by Crippen LogP contribution is -2.47. The molecule has 0 atom stereocenters. The summed E-state index contributed by atoms with van der Waals surface area (Å²) in [5.74, 6) is -0.701. The fourth-order valence-electron chi connectivity index (χ4n) is 3.01. The first-order valence-electron chi connectivity index (χ1n) is 8.64. The maximum atomic E-state index is 13.2. The lowest BCUT2D eigenvalue weighted by atomic mass is 10.1. The molecule has 1 N–H and O–H groups in total. The Morgan fingerprint density at radius 2 is 1.74 bits per heavy atom.